The third-order valence-electron chi connectivity index (χ3n) is 3.81. The lowest BCUT2D eigenvalue weighted by Gasteiger charge is -2.24. The van der Waals surface area contributed by atoms with Crippen molar-refractivity contribution in [3.63, 3.8) is 0 Å². The van der Waals surface area contributed by atoms with E-state index in [0.29, 0.717) is 36.2 Å². The number of ether oxygens (including phenoxy) is 4. The Morgan fingerprint density at radius 2 is 2.07 bits per heavy atom. The van der Waals surface area contributed by atoms with Crippen LogP contribution in [-0.2, 0) is 4.79 Å². The van der Waals surface area contributed by atoms with Gasteiger partial charge in [0.25, 0.3) is 5.91 Å². The Balaban J connectivity index is 1.60. The van der Waals surface area contributed by atoms with E-state index in [0.717, 1.165) is 5.56 Å². The van der Waals surface area contributed by atoms with Crippen molar-refractivity contribution in [2.45, 2.75) is 13.0 Å². The summed E-state index contributed by atoms with van der Waals surface area (Å²) < 4.78 is 22.3. The van der Waals surface area contributed by atoms with E-state index in [1.165, 1.54) is 6.21 Å². The number of nitrogens with one attached hydrogen (secondary N) is 1. The summed E-state index contributed by atoms with van der Waals surface area (Å²) in [4.78, 5) is 12.3. The number of benzene rings is 2. The summed E-state index contributed by atoms with van der Waals surface area (Å²) in [6.45, 7) is 6.54. The summed E-state index contributed by atoms with van der Waals surface area (Å²) in [6, 6.07) is 12.6. The predicted molar refractivity (Wildman–Crippen MR) is 105 cm³/mol. The van der Waals surface area contributed by atoms with Gasteiger partial charge in [0.1, 0.15) is 13.2 Å². The molecule has 3 rings (SSSR count). The Bertz CT molecular complexity index is 866. The van der Waals surface area contributed by atoms with Crippen molar-refractivity contribution in [2.75, 3.05) is 19.8 Å². The van der Waals surface area contributed by atoms with Gasteiger partial charge in [-0.25, -0.2) is 5.43 Å². The highest BCUT2D eigenvalue weighted by atomic mass is 16.6. The standard InChI is InChI=1S/C21H22N2O5/c1-3-11-26-17-10-9-15(12-19(17)25-4-2)13-22-23-21(24)20-14-27-16-7-5-6-8-18(16)28-20/h3,5-10,12-13,20H,1,4,11,14H2,2H3,(H,23,24)/b22-13-/t20-/m0/s1. The quantitative estimate of drug-likeness (QED) is 0.431. The van der Waals surface area contributed by atoms with Crippen LogP contribution in [0.5, 0.6) is 23.0 Å². The van der Waals surface area contributed by atoms with Gasteiger partial charge in [-0.15, -0.1) is 0 Å². The maximum absolute atomic E-state index is 12.3. The van der Waals surface area contributed by atoms with Crippen LogP contribution in [0.2, 0.25) is 0 Å². The van der Waals surface area contributed by atoms with Gasteiger partial charge in [-0.2, -0.15) is 5.10 Å². The molecule has 0 unspecified atom stereocenters. The van der Waals surface area contributed by atoms with Gasteiger partial charge in [-0.3, -0.25) is 4.79 Å². The molecule has 28 heavy (non-hydrogen) atoms. The van der Waals surface area contributed by atoms with Gasteiger partial charge in [-0.05, 0) is 42.8 Å². The minimum atomic E-state index is -0.763. The summed E-state index contributed by atoms with van der Waals surface area (Å²) in [6.07, 6.45) is 2.42. The van der Waals surface area contributed by atoms with E-state index >= 15 is 0 Å². The molecule has 7 nitrogen and oxygen atoms in total. The second-order valence-corrected chi connectivity index (χ2v) is 5.84. The molecule has 1 atom stereocenters. The number of rotatable bonds is 8. The molecule has 1 amide bonds. The number of hydrazone groups is 1. The lowest BCUT2D eigenvalue weighted by molar-refractivity contribution is -0.130. The molecule has 0 saturated carbocycles. The van der Waals surface area contributed by atoms with Gasteiger partial charge in [0.05, 0.1) is 12.8 Å². The second-order valence-electron chi connectivity index (χ2n) is 5.84. The van der Waals surface area contributed by atoms with E-state index in [2.05, 4.69) is 17.1 Å². The molecule has 1 N–H and O–H groups in total. The van der Waals surface area contributed by atoms with E-state index < -0.39 is 6.10 Å². The third-order valence-corrected chi connectivity index (χ3v) is 3.81. The molecule has 0 spiro atoms. The maximum Gasteiger partial charge on any atom is 0.284 e. The topological polar surface area (TPSA) is 78.4 Å². The van der Waals surface area contributed by atoms with Gasteiger partial charge >= 0.3 is 0 Å². The highest BCUT2D eigenvalue weighted by molar-refractivity contribution is 5.85. The first-order valence-electron chi connectivity index (χ1n) is 8.93. The van der Waals surface area contributed by atoms with Crippen LogP contribution in [0, 0.1) is 0 Å². The van der Waals surface area contributed by atoms with E-state index in [9.17, 15) is 4.79 Å². The van der Waals surface area contributed by atoms with Crippen molar-refractivity contribution in [3.05, 3.63) is 60.7 Å². The zero-order valence-electron chi connectivity index (χ0n) is 15.6. The van der Waals surface area contributed by atoms with E-state index in [1.54, 1.807) is 30.3 Å². The number of amides is 1. The molecule has 1 aliphatic heterocycles. The van der Waals surface area contributed by atoms with Crippen LogP contribution in [0.3, 0.4) is 0 Å². The Morgan fingerprint density at radius 1 is 1.25 bits per heavy atom. The Kier molecular flexibility index (Phi) is 6.51. The lowest BCUT2D eigenvalue weighted by atomic mass is 10.2. The van der Waals surface area contributed by atoms with Crippen molar-refractivity contribution in [3.8, 4) is 23.0 Å². The highest BCUT2D eigenvalue weighted by Crippen LogP contribution is 2.31. The molecule has 0 aromatic heterocycles. The van der Waals surface area contributed by atoms with E-state index in [-0.39, 0.29) is 12.5 Å². The van der Waals surface area contributed by atoms with Crippen LogP contribution in [0.15, 0.2) is 60.2 Å². The monoisotopic (exact) mass is 382 g/mol. The molecule has 146 valence electrons. The second kappa shape index (κ2) is 9.45. The highest BCUT2D eigenvalue weighted by Gasteiger charge is 2.26. The normalized spacial score (nSPS) is 15.1. The van der Waals surface area contributed by atoms with Crippen LogP contribution in [-0.4, -0.2) is 38.0 Å². The van der Waals surface area contributed by atoms with Crippen molar-refractivity contribution < 1.29 is 23.7 Å². The van der Waals surface area contributed by atoms with Gasteiger partial charge in [0.15, 0.2) is 23.0 Å². The molecular weight excluding hydrogens is 360 g/mol. The van der Waals surface area contributed by atoms with Crippen molar-refractivity contribution in [1.29, 1.82) is 0 Å². The van der Waals surface area contributed by atoms with Gasteiger partial charge < -0.3 is 18.9 Å². The van der Waals surface area contributed by atoms with Crippen LogP contribution >= 0.6 is 0 Å². The average molecular weight is 382 g/mol. The fourth-order valence-electron chi connectivity index (χ4n) is 2.53. The molecule has 0 radical (unpaired) electrons. The summed E-state index contributed by atoms with van der Waals surface area (Å²) in [5, 5.41) is 3.99. The van der Waals surface area contributed by atoms with Crippen molar-refractivity contribution in [1.82, 2.24) is 5.43 Å². The minimum Gasteiger partial charge on any atom is -0.490 e. The SMILES string of the molecule is C=CCOc1ccc(/C=N\NC(=O)[C@@H]2COc3ccccc3O2)cc1OCC. The van der Waals surface area contributed by atoms with E-state index in [4.69, 9.17) is 18.9 Å². The summed E-state index contributed by atoms with van der Waals surface area (Å²) in [7, 11) is 0. The maximum atomic E-state index is 12.3. The number of nitrogens with zero attached hydrogens (tertiary/aromatic N) is 1. The Morgan fingerprint density at radius 3 is 2.86 bits per heavy atom. The number of fused-ring (bicyclic) bond motifs is 1. The summed E-state index contributed by atoms with van der Waals surface area (Å²) >= 11 is 0. The Labute approximate surface area is 163 Å². The fraction of sp³-hybridized carbons (Fsp3) is 0.238. The first kappa shape index (κ1) is 19.3. The summed E-state index contributed by atoms with van der Waals surface area (Å²) in [5.41, 5.74) is 3.22. The first-order valence-corrected chi connectivity index (χ1v) is 8.93. The van der Waals surface area contributed by atoms with Gasteiger partial charge in [-0.1, -0.05) is 24.8 Å². The zero-order valence-corrected chi connectivity index (χ0v) is 15.6. The number of para-hydroxylation sites is 2. The largest absolute Gasteiger partial charge is 0.490 e. The lowest BCUT2D eigenvalue weighted by Crippen LogP contribution is -2.42. The third kappa shape index (κ3) is 4.82. The number of carbonyl (C=O) groups is 1. The summed E-state index contributed by atoms with van der Waals surface area (Å²) in [5.74, 6) is 1.99. The number of hydrogen-bond acceptors (Lipinski definition) is 6. The van der Waals surface area contributed by atoms with E-state index in [1.807, 2.05) is 25.1 Å². The number of hydrogen-bond donors (Lipinski definition) is 1. The Hall–Kier alpha value is -3.48. The fourth-order valence-corrected chi connectivity index (χ4v) is 2.53. The van der Waals surface area contributed by atoms with Gasteiger partial charge in [0.2, 0.25) is 6.10 Å². The van der Waals surface area contributed by atoms with Crippen molar-refractivity contribution in [2.24, 2.45) is 5.10 Å². The molecule has 0 bridgehead atoms. The molecular formula is C21H22N2O5. The molecule has 1 aliphatic rings. The minimum absolute atomic E-state index is 0.127. The molecule has 2 aromatic rings. The van der Waals surface area contributed by atoms with Gasteiger partial charge in [0, 0.05) is 0 Å². The zero-order chi connectivity index (χ0) is 19.8. The molecule has 7 heteroatoms. The number of carbonyl (C=O) groups excluding carboxylic acids is 1. The smallest absolute Gasteiger partial charge is 0.284 e. The molecule has 0 saturated heterocycles. The van der Waals surface area contributed by atoms with Crippen LogP contribution in [0.4, 0.5) is 0 Å². The van der Waals surface area contributed by atoms with Crippen LogP contribution < -0.4 is 24.4 Å². The first-order chi connectivity index (χ1) is 13.7. The molecule has 0 fully saturated rings. The molecule has 0 aliphatic carbocycles. The average Bonchev–Trinajstić information content (AvgIpc) is 2.73. The predicted octanol–water partition coefficient (Wildman–Crippen LogP) is 2.94. The molecule has 2 aromatic carbocycles. The molecule has 1 heterocycles. The van der Waals surface area contributed by atoms with Crippen LogP contribution in [0.1, 0.15) is 12.5 Å². The van der Waals surface area contributed by atoms with Crippen molar-refractivity contribution >= 4 is 12.1 Å². The van der Waals surface area contributed by atoms with Crippen LogP contribution in [0.25, 0.3) is 0 Å².